The minimum Gasteiger partial charge on any atom is -0.361 e. The first-order chi connectivity index (χ1) is 12.6. The van der Waals surface area contributed by atoms with Gasteiger partial charge in [-0.15, -0.1) is 0 Å². The van der Waals surface area contributed by atoms with Gasteiger partial charge in [0.2, 0.25) is 0 Å². The molecule has 3 aromatic rings. The molecule has 136 valence electrons. The first-order valence-electron chi connectivity index (χ1n) is 8.52. The van der Waals surface area contributed by atoms with Crippen LogP contribution in [0.2, 0.25) is 0 Å². The highest BCUT2D eigenvalue weighted by Crippen LogP contribution is 2.22. The number of hydrogen-bond donors (Lipinski definition) is 3. The van der Waals surface area contributed by atoms with Crippen molar-refractivity contribution in [2.75, 3.05) is 13.6 Å². The summed E-state index contributed by atoms with van der Waals surface area (Å²) in [6, 6.07) is 9.61. The number of halogens is 2. The SMILES string of the molecule is CN=C(NCCc1c[nH]c2cccc(C)c12)NCc1cc(F)ccc1F. The monoisotopic (exact) mass is 356 g/mol. The lowest BCUT2D eigenvalue weighted by atomic mass is 10.1. The van der Waals surface area contributed by atoms with Crippen LogP contribution < -0.4 is 10.6 Å². The number of benzene rings is 2. The number of hydrogen-bond acceptors (Lipinski definition) is 1. The van der Waals surface area contributed by atoms with Gasteiger partial charge in [-0.05, 0) is 48.7 Å². The van der Waals surface area contributed by atoms with E-state index in [0.29, 0.717) is 12.5 Å². The fraction of sp³-hybridized carbons (Fsp3) is 0.250. The molecule has 26 heavy (non-hydrogen) atoms. The van der Waals surface area contributed by atoms with Gasteiger partial charge in [-0.25, -0.2) is 8.78 Å². The van der Waals surface area contributed by atoms with Crippen LogP contribution in [0.25, 0.3) is 10.9 Å². The van der Waals surface area contributed by atoms with Crippen molar-refractivity contribution < 1.29 is 8.78 Å². The zero-order valence-corrected chi connectivity index (χ0v) is 14.9. The summed E-state index contributed by atoms with van der Waals surface area (Å²) < 4.78 is 26.9. The number of nitrogens with one attached hydrogen (secondary N) is 3. The van der Waals surface area contributed by atoms with Gasteiger partial charge in [0.25, 0.3) is 0 Å². The molecule has 1 heterocycles. The van der Waals surface area contributed by atoms with Crippen molar-refractivity contribution in [3.8, 4) is 0 Å². The van der Waals surface area contributed by atoms with E-state index in [1.165, 1.54) is 22.6 Å². The predicted octanol–water partition coefficient (Wildman–Crippen LogP) is 3.66. The average molecular weight is 356 g/mol. The van der Waals surface area contributed by atoms with Gasteiger partial charge in [0.15, 0.2) is 5.96 Å². The van der Waals surface area contributed by atoms with Gasteiger partial charge in [0.05, 0.1) is 0 Å². The van der Waals surface area contributed by atoms with E-state index in [-0.39, 0.29) is 12.1 Å². The first kappa shape index (κ1) is 17.9. The van der Waals surface area contributed by atoms with E-state index in [9.17, 15) is 8.78 Å². The summed E-state index contributed by atoms with van der Waals surface area (Å²) in [5, 5.41) is 7.46. The zero-order valence-electron chi connectivity index (χ0n) is 14.9. The quantitative estimate of drug-likeness (QED) is 0.483. The summed E-state index contributed by atoms with van der Waals surface area (Å²) in [5.41, 5.74) is 3.87. The first-order valence-corrected chi connectivity index (χ1v) is 8.52. The molecule has 0 fully saturated rings. The summed E-state index contributed by atoms with van der Waals surface area (Å²) in [7, 11) is 1.65. The molecule has 0 amide bonds. The lowest BCUT2D eigenvalue weighted by molar-refractivity contribution is 0.581. The van der Waals surface area contributed by atoms with E-state index in [4.69, 9.17) is 0 Å². The third-order valence-electron chi connectivity index (χ3n) is 4.36. The summed E-state index contributed by atoms with van der Waals surface area (Å²) >= 11 is 0. The number of H-pyrrole nitrogens is 1. The lowest BCUT2D eigenvalue weighted by Gasteiger charge is -2.12. The van der Waals surface area contributed by atoms with E-state index >= 15 is 0 Å². The van der Waals surface area contributed by atoms with Gasteiger partial charge >= 0.3 is 0 Å². The Morgan fingerprint density at radius 1 is 1.12 bits per heavy atom. The van der Waals surface area contributed by atoms with Gasteiger partial charge in [-0.2, -0.15) is 0 Å². The van der Waals surface area contributed by atoms with Crippen molar-refractivity contribution >= 4 is 16.9 Å². The second kappa shape index (κ2) is 7.99. The molecule has 0 radical (unpaired) electrons. The van der Waals surface area contributed by atoms with Crippen molar-refractivity contribution in [2.24, 2.45) is 4.99 Å². The topological polar surface area (TPSA) is 52.2 Å². The number of rotatable bonds is 5. The molecule has 1 aromatic heterocycles. The van der Waals surface area contributed by atoms with Crippen LogP contribution in [0, 0.1) is 18.6 Å². The van der Waals surface area contributed by atoms with Gasteiger partial charge in [-0.1, -0.05) is 12.1 Å². The number of guanidine groups is 1. The Morgan fingerprint density at radius 2 is 1.96 bits per heavy atom. The number of aromatic nitrogens is 1. The lowest BCUT2D eigenvalue weighted by Crippen LogP contribution is -2.38. The number of aliphatic imine (C=N–C) groups is 1. The smallest absolute Gasteiger partial charge is 0.191 e. The van der Waals surface area contributed by atoms with Crippen molar-refractivity contribution in [1.82, 2.24) is 15.6 Å². The molecule has 3 rings (SSSR count). The van der Waals surface area contributed by atoms with E-state index in [2.05, 4.69) is 39.7 Å². The second-order valence-electron chi connectivity index (χ2n) is 6.15. The number of aromatic amines is 1. The summed E-state index contributed by atoms with van der Waals surface area (Å²) in [6.07, 6.45) is 2.84. The number of nitrogens with zero attached hydrogens (tertiary/aromatic N) is 1. The third kappa shape index (κ3) is 4.02. The van der Waals surface area contributed by atoms with Crippen LogP contribution in [0.15, 0.2) is 47.6 Å². The molecule has 0 unspecified atom stereocenters. The number of fused-ring (bicyclic) bond motifs is 1. The molecule has 0 bridgehead atoms. The maximum Gasteiger partial charge on any atom is 0.191 e. The molecule has 0 atom stereocenters. The van der Waals surface area contributed by atoms with Crippen LogP contribution in [0.1, 0.15) is 16.7 Å². The van der Waals surface area contributed by atoms with Gasteiger partial charge in [0.1, 0.15) is 11.6 Å². The Kier molecular flexibility index (Phi) is 5.51. The Morgan fingerprint density at radius 3 is 2.77 bits per heavy atom. The molecule has 6 heteroatoms. The van der Waals surface area contributed by atoms with Crippen LogP contribution in [-0.4, -0.2) is 24.5 Å². The molecule has 0 spiro atoms. The van der Waals surface area contributed by atoms with Crippen LogP contribution >= 0.6 is 0 Å². The summed E-state index contributed by atoms with van der Waals surface area (Å²) in [4.78, 5) is 7.41. The molecule has 4 nitrogen and oxygen atoms in total. The molecule has 3 N–H and O–H groups in total. The van der Waals surface area contributed by atoms with Crippen molar-refractivity contribution in [2.45, 2.75) is 19.9 Å². The summed E-state index contributed by atoms with van der Waals surface area (Å²) in [6.45, 7) is 2.93. The Hall–Kier alpha value is -2.89. The van der Waals surface area contributed by atoms with Crippen molar-refractivity contribution in [1.29, 1.82) is 0 Å². The van der Waals surface area contributed by atoms with Crippen LogP contribution in [0.4, 0.5) is 8.78 Å². The summed E-state index contributed by atoms with van der Waals surface area (Å²) in [5.74, 6) is -0.352. The predicted molar refractivity (Wildman–Crippen MR) is 101 cm³/mol. The molecule has 0 aliphatic heterocycles. The molecule has 0 aliphatic carbocycles. The standard InChI is InChI=1S/C20H22F2N4/c1-13-4-3-5-18-19(13)14(11-25-18)8-9-24-20(23-2)26-12-15-10-16(21)6-7-17(15)22/h3-7,10-11,25H,8-9,12H2,1-2H3,(H2,23,24,26). The van der Waals surface area contributed by atoms with Crippen molar-refractivity contribution in [3.63, 3.8) is 0 Å². The Balaban J connectivity index is 1.57. The highest BCUT2D eigenvalue weighted by atomic mass is 19.1. The van der Waals surface area contributed by atoms with E-state index in [0.717, 1.165) is 24.1 Å². The van der Waals surface area contributed by atoms with E-state index in [1.807, 2.05) is 12.3 Å². The Labute approximate surface area is 151 Å². The molecular formula is C20H22F2N4. The second-order valence-corrected chi connectivity index (χ2v) is 6.15. The highest BCUT2D eigenvalue weighted by molar-refractivity contribution is 5.86. The van der Waals surface area contributed by atoms with Crippen molar-refractivity contribution in [3.05, 3.63) is 70.9 Å². The maximum absolute atomic E-state index is 13.7. The van der Waals surface area contributed by atoms with Gasteiger partial charge in [0, 0.05) is 42.8 Å². The fourth-order valence-electron chi connectivity index (χ4n) is 3.04. The van der Waals surface area contributed by atoms with Crippen LogP contribution in [0.5, 0.6) is 0 Å². The number of aryl methyl sites for hydroxylation is 1. The molecule has 2 aromatic carbocycles. The fourth-order valence-corrected chi connectivity index (χ4v) is 3.04. The molecule has 0 saturated heterocycles. The Bertz CT molecular complexity index is 931. The maximum atomic E-state index is 13.7. The molecule has 0 aliphatic rings. The largest absolute Gasteiger partial charge is 0.361 e. The average Bonchev–Trinajstić information content (AvgIpc) is 3.05. The van der Waals surface area contributed by atoms with Crippen LogP contribution in [0.3, 0.4) is 0 Å². The molecule has 0 saturated carbocycles. The zero-order chi connectivity index (χ0) is 18.5. The minimum atomic E-state index is -0.458. The van der Waals surface area contributed by atoms with Gasteiger partial charge < -0.3 is 15.6 Å². The van der Waals surface area contributed by atoms with Crippen LogP contribution in [-0.2, 0) is 13.0 Å². The third-order valence-corrected chi connectivity index (χ3v) is 4.36. The van der Waals surface area contributed by atoms with E-state index in [1.54, 1.807) is 7.05 Å². The minimum absolute atomic E-state index is 0.162. The normalized spacial score (nSPS) is 11.8. The highest BCUT2D eigenvalue weighted by Gasteiger charge is 2.07. The van der Waals surface area contributed by atoms with Gasteiger partial charge in [-0.3, -0.25) is 4.99 Å². The molecular weight excluding hydrogens is 334 g/mol. The van der Waals surface area contributed by atoms with E-state index < -0.39 is 11.6 Å².